The number of hydrogen-bond acceptors (Lipinski definition) is 6. The minimum Gasteiger partial charge on any atom is -0.493 e. The topological polar surface area (TPSA) is 51.2 Å². The Balaban J connectivity index is 1.67. The molecular formula is C20H32N2O4. The van der Waals surface area contributed by atoms with Crippen LogP contribution in [-0.4, -0.2) is 82.3 Å². The summed E-state index contributed by atoms with van der Waals surface area (Å²) < 4.78 is 17.1. The lowest BCUT2D eigenvalue weighted by molar-refractivity contribution is 0.0496. The Kier molecular flexibility index (Phi) is 8.35. The zero-order valence-electron chi connectivity index (χ0n) is 16.5. The quantitative estimate of drug-likeness (QED) is 0.444. The first-order chi connectivity index (χ1) is 12.5. The molecule has 0 radical (unpaired) electrons. The normalized spacial score (nSPS) is 17.7. The van der Waals surface area contributed by atoms with E-state index in [2.05, 4.69) is 23.9 Å². The third-order valence-corrected chi connectivity index (χ3v) is 4.57. The number of hydrogen-bond donors (Lipinski definition) is 0. The number of nitrogens with zero attached hydrogens (tertiary/aromatic N) is 2. The van der Waals surface area contributed by atoms with Crippen molar-refractivity contribution in [1.29, 1.82) is 0 Å². The highest BCUT2D eigenvalue weighted by atomic mass is 16.5. The van der Waals surface area contributed by atoms with Crippen LogP contribution in [0.2, 0.25) is 0 Å². The molecule has 0 bridgehead atoms. The summed E-state index contributed by atoms with van der Waals surface area (Å²) in [6.45, 7) is 7.02. The van der Waals surface area contributed by atoms with E-state index in [-0.39, 0.29) is 5.78 Å². The van der Waals surface area contributed by atoms with E-state index in [1.54, 1.807) is 32.2 Å². The number of ether oxygens (including phenoxy) is 3. The molecule has 1 atom stereocenters. The third kappa shape index (κ3) is 6.59. The molecule has 0 N–H and O–H groups in total. The molecule has 1 heterocycles. The second-order valence-corrected chi connectivity index (χ2v) is 7.01. The number of rotatable bonds is 11. The number of likely N-dealkylation sites (N-methyl/N-ethyl adjacent to an activating group) is 1. The summed E-state index contributed by atoms with van der Waals surface area (Å²) in [5.41, 5.74) is 0.631. The van der Waals surface area contributed by atoms with Crippen molar-refractivity contribution in [3.05, 3.63) is 23.8 Å². The maximum Gasteiger partial charge on any atom is 0.161 e. The molecule has 1 aromatic rings. The Morgan fingerprint density at radius 2 is 2.08 bits per heavy atom. The Bertz CT molecular complexity index is 577. The van der Waals surface area contributed by atoms with Crippen LogP contribution in [0, 0.1) is 0 Å². The van der Waals surface area contributed by atoms with E-state index in [1.165, 1.54) is 0 Å². The maximum atomic E-state index is 11.4. The van der Waals surface area contributed by atoms with E-state index >= 15 is 0 Å². The van der Waals surface area contributed by atoms with Crippen LogP contribution < -0.4 is 9.47 Å². The standard InChI is InChI=1S/C20H32N2O4/c1-16(23)17-6-7-19(20(14-17)24-4)26-12-5-9-22-10-8-18(15-22)25-13-11-21(2)3/h6-7,14,18H,5,8-13,15H2,1-4H3. The van der Waals surface area contributed by atoms with Gasteiger partial charge < -0.3 is 24.0 Å². The zero-order chi connectivity index (χ0) is 18.9. The molecule has 1 unspecified atom stereocenters. The van der Waals surface area contributed by atoms with Gasteiger partial charge in [0.1, 0.15) is 0 Å². The average molecular weight is 364 g/mol. The predicted octanol–water partition coefficient (Wildman–Crippen LogP) is 2.32. The predicted molar refractivity (Wildman–Crippen MR) is 102 cm³/mol. The minimum absolute atomic E-state index is 0.0197. The van der Waals surface area contributed by atoms with Gasteiger partial charge in [-0.3, -0.25) is 4.79 Å². The lowest BCUT2D eigenvalue weighted by Gasteiger charge is -2.17. The van der Waals surface area contributed by atoms with Crippen LogP contribution in [0.5, 0.6) is 11.5 Å². The van der Waals surface area contributed by atoms with Gasteiger partial charge >= 0.3 is 0 Å². The van der Waals surface area contributed by atoms with Gasteiger partial charge in [-0.05, 0) is 52.1 Å². The van der Waals surface area contributed by atoms with Crippen molar-refractivity contribution < 1.29 is 19.0 Å². The Labute approximate surface area is 157 Å². The summed E-state index contributed by atoms with van der Waals surface area (Å²) >= 11 is 0. The van der Waals surface area contributed by atoms with Crippen LogP contribution in [0.4, 0.5) is 0 Å². The fourth-order valence-electron chi connectivity index (χ4n) is 3.01. The van der Waals surface area contributed by atoms with Gasteiger partial charge in [-0.15, -0.1) is 0 Å². The van der Waals surface area contributed by atoms with Crippen LogP contribution in [0.15, 0.2) is 18.2 Å². The number of benzene rings is 1. The smallest absolute Gasteiger partial charge is 0.161 e. The number of methoxy groups -OCH3 is 1. The molecule has 0 saturated carbocycles. The highest BCUT2D eigenvalue weighted by Gasteiger charge is 2.22. The summed E-state index contributed by atoms with van der Waals surface area (Å²) in [6.07, 6.45) is 2.41. The van der Waals surface area contributed by atoms with E-state index in [0.717, 1.165) is 45.6 Å². The van der Waals surface area contributed by atoms with Crippen molar-refractivity contribution in [2.24, 2.45) is 0 Å². The molecule has 0 spiro atoms. The van der Waals surface area contributed by atoms with Crippen LogP contribution in [0.3, 0.4) is 0 Å². The molecule has 0 aromatic heterocycles. The number of carbonyl (C=O) groups excluding carboxylic acids is 1. The Morgan fingerprint density at radius 1 is 1.27 bits per heavy atom. The van der Waals surface area contributed by atoms with Crippen molar-refractivity contribution in [1.82, 2.24) is 9.80 Å². The molecule has 1 saturated heterocycles. The van der Waals surface area contributed by atoms with E-state index in [9.17, 15) is 4.79 Å². The Hall–Kier alpha value is -1.63. The van der Waals surface area contributed by atoms with Crippen LogP contribution in [0.25, 0.3) is 0 Å². The molecule has 1 aromatic carbocycles. The molecule has 0 aliphatic carbocycles. The zero-order valence-corrected chi connectivity index (χ0v) is 16.5. The van der Waals surface area contributed by atoms with Crippen molar-refractivity contribution in [2.75, 3.05) is 60.6 Å². The first kappa shape index (κ1) is 20.7. The molecule has 2 rings (SSSR count). The number of Topliss-reactive ketones (excluding diaryl/α,β-unsaturated/α-hetero) is 1. The number of ketones is 1. The minimum atomic E-state index is 0.0197. The van der Waals surface area contributed by atoms with E-state index in [4.69, 9.17) is 14.2 Å². The summed E-state index contributed by atoms with van der Waals surface area (Å²) in [4.78, 5) is 16.0. The van der Waals surface area contributed by atoms with Crippen LogP contribution >= 0.6 is 0 Å². The van der Waals surface area contributed by atoms with Crippen molar-refractivity contribution >= 4 is 5.78 Å². The van der Waals surface area contributed by atoms with Crippen LogP contribution in [-0.2, 0) is 4.74 Å². The molecule has 146 valence electrons. The van der Waals surface area contributed by atoms with Gasteiger partial charge in [-0.25, -0.2) is 0 Å². The lowest BCUT2D eigenvalue weighted by Crippen LogP contribution is -2.27. The highest BCUT2D eigenvalue weighted by Crippen LogP contribution is 2.28. The van der Waals surface area contributed by atoms with Gasteiger partial charge in [0.2, 0.25) is 0 Å². The van der Waals surface area contributed by atoms with Crippen LogP contribution in [0.1, 0.15) is 30.1 Å². The van der Waals surface area contributed by atoms with E-state index in [1.807, 2.05) is 0 Å². The molecule has 1 fully saturated rings. The van der Waals surface area contributed by atoms with Gasteiger partial charge in [0.15, 0.2) is 17.3 Å². The summed E-state index contributed by atoms with van der Waals surface area (Å²) in [5, 5.41) is 0. The van der Waals surface area contributed by atoms with E-state index < -0.39 is 0 Å². The molecule has 6 nitrogen and oxygen atoms in total. The van der Waals surface area contributed by atoms with Gasteiger partial charge in [0, 0.05) is 31.7 Å². The second-order valence-electron chi connectivity index (χ2n) is 7.01. The van der Waals surface area contributed by atoms with E-state index in [0.29, 0.717) is 29.8 Å². The molecule has 26 heavy (non-hydrogen) atoms. The van der Waals surface area contributed by atoms with Crippen molar-refractivity contribution in [3.63, 3.8) is 0 Å². The van der Waals surface area contributed by atoms with Gasteiger partial charge in [0.05, 0.1) is 26.4 Å². The fraction of sp³-hybridized carbons (Fsp3) is 0.650. The number of likely N-dealkylation sites (tertiary alicyclic amines) is 1. The van der Waals surface area contributed by atoms with Gasteiger partial charge in [-0.1, -0.05) is 0 Å². The van der Waals surface area contributed by atoms with Gasteiger partial charge in [-0.2, -0.15) is 0 Å². The summed E-state index contributed by atoms with van der Waals surface area (Å²) in [6, 6.07) is 5.31. The first-order valence-electron chi connectivity index (χ1n) is 9.30. The molecule has 0 amide bonds. The molecule has 1 aliphatic heterocycles. The van der Waals surface area contributed by atoms with Crippen molar-refractivity contribution in [2.45, 2.75) is 25.9 Å². The largest absolute Gasteiger partial charge is 0.493 e. The fourth-order valence-corrected chi connectivity index (χ4v) is 3.01. The second kappa shape index (κ2) is 10.5. The monoisotopic (exact) mass is 364 g/mol. The first-order valence-corrected chi connectivity index (χ1v) is 9.30. The summed E-state index contributed by atoms with van der Waals surface area (Å²) in [7, 11) is 5.71. The van der Waals surface area contributed by atoms with Gasteiger partial charge in [0.25, 0.3) is 0 Å². The average Bonchev–Trinajstić information content (AvgIpc) is 3.06. The number of carbonyl (C=O) groups is 1. The Morgan fingerprint density at radius 3 is 2.77 bits per heavy atom. The lowest BCUT2D eigenvalue weighted by atomic mass is 10.1. The van der Waals surface area contributed by atoms with Crippen molar-refractivity contribution in [3.8, 4) is 11.5 Å². The molecule has 1 aliphatic rings. The highest BCUT2D eigenvalue weighted by molar-refractivity contribution is 5.94. The molecular weight excluding hydrogens is 332 g/mol. The molecule has 6 heteroatoms. The SMILES string of the molecule is COc1cc(C(C)=O)ccc1OCCCN1CCC(OCCN(C)C)C1. The maximum absolute atomic E-state index is 11.4. The third-order valence-electron chi connectivity index (χ3n) is 4.57. The summed E-state index contributed by atoms with van der Waals surface area (Å²) in [5.74, 6) is 1.31.